The predicted molar refractivity (Wildman–Crippen MR) is 111 cm³/mol. The number of aliphatic hydroxyl groups excluding tert-OH is 1. The first-order chi connectivity index (χ1) is 14.0. The van der Waals surface area contributed by atoms with Gasteiger partial charge in [-0.05, 0) is 31.4 Å². The monoisotopic (exact) mass is 441 g/mol. The topological polar surface area (TPSA) is 88.2 Å². The summed E-state index contributed by atoms with van der Waals surface area (Å²) in [7, 11) is 0. The van der Waals surface area contributed by atoms with Crippen molar-refractivity contribution in [1.82, 2.24) is 15.0 Å². The third-order valence-corrected chi connectivity index (χ3v) is 5.79. The maximum Gasteiger partial charge on any atom is 0.417 e. The number of alkyl halides is 3. The van der Waals surface area contributed by atoms with Crippen LogP contribution in [0.15, 0.2) is 6.58 Å². The van der Waals surface area contributed by atoms with Crippen LogP contribution in [0.3, 0.4) is 0 Å². The Bertz CT molecular complexity index is 1010. The molecule has 0 bridgehead atoms. The third-order valence-electron chi connectivity index (χ3n) is 5.50. The number of pyridine rings is 1. The Balaban J connectivity index is 2.15. The number of nitrogens with two attached hydrogens (primary N) is 1. The van der Waals surface area contributed by atoms with Crippen molar-refractivity contribution in [3.8, 4) is 0 Å². The molecule has 0 spiro atoms. The highest BCUT2D eigenvalue weighted by Gasteiger charge is 2.38. The highest BCUT2D eigenvalue weighted by molar-refractivity contribution is 6.30. The zero-order chi connectivity index (χ0) is 22.4. The lowest BCUT2D eigenvalue weighted by Gasteiger charge is -2.25. The van der Waals surface area contributed by atoms with Crippen LogP contribution < -0.4 is 10.6 Å². The highest BCUT2D eigenvalue weighted by atomic mass is 35.5. The Morgan fingerprint density at radius 3 is 2.50 bits per heavy atom. The second-order valence-electron chi connectivity index (χ2n) is 7.33. The molecule has 3 heterocycles. The molecule has 2 aromatic heterocycles. The molecule has 30 heavy (non-hydrogen) atoms. The summed E-state index contributed by atoms with van der Waals surface area (Å²) in [5.41, 5.74) is 7.67. The van der Waals surface area contributed by atoms with Gasteiger partial charge in [-0.15, -0.1) is 0 Å². The van der Waals surface area contributed by atoms with E-state index in [1.165, 1.54) is 0 Å². The van der Waals surface area contributed by atoms with Crippen molar-refractivity contribution in [2.24, 2.45) is 0 Å². The number of aromatic nitrogens is 3. The van der Waals surface area contributed by atoms with Crippen LogP contribution in [0.4, 0.5) is 24.9 Å². The van der Waals surface area contributed by atoms with Crippen molar-refractivity contribution in [2.75, 3.05) is 23.8 Å². The minimum absolute atomic E-state index is 0.0461. The molecule has 3 rings (SSSR count). The molecule has 0 saturated carbocycles. The zero-order valence-corrected chi connectivity index (χ0v) is 17.7. The summed E-state index contributed by atoms with van der Waals surface area (Å²) in [6.07, 6.45) is -3.98. The van der Waals surface area contributed by atoms with Crippen LogP contribution in [-0.4, -0.2) is 39.4 Å². The predicted octanol–water partition coefficient (Wildman–Crippen LogP) is 3.96. The van der Waals surface area contributed by atoms with Gasteiger partial charge in [-0.3, -0.25) is 4.98 Å². The smallest absolute Gasteiger partial charge is 0.396 e. The van der Waals surface area contributed by atoms with Gasteiger partial charge < -0.3 is 15.7 Å². The summed E-state index contributed by atoms with van der Waals surface area (Å²) in [5.74, 6) is -0.00450. The maximum atomic E-state index is 13.5. The van der Waals surface area contributed by atoms with Crippen LogP contribution in [0.1, 0.15) is 46.5 Å². The van der Waals surface area contributed by atoms with Crippen molar-refractivity contribution in [1.29, 1.82) is 0 Å². The molecule has 0 radical (unpaired) electrons. The number of hydrogen-bond acceptors (Lipinski definition) is 6. The van der Waals surface area contributed by atoms with Crippen LogP contribution in [0.25, 0.3) is 5.57 Å². The lowest BCUT2D eigenvalue weighted by Crippen LogP contribution is -2.26. The van der Waals surface area contributed by atoms with Gasteiger partial charge in [0, 0.05) is 35.8 Å². The molecule has 1 aliphatic rings. The molecule has 1 atom stereocenters. The molecule has 0 aliphatic carbocycles. The highest BCUT2D eigenvalue weighted by Crippen LogP contribution is 2.41. The first-order valence-corrected chi connectivity index (χ1v) is 9.81. The van der Waals surface area contributed by atoms with E-state index in [9.17, 15) is 18.3 Å². The molecule has 6 nitrogen and oxygen atoms in total. The van der Waals surface area contributed by atoms with Gasteiger partial charge in [0.2, 0.25) is 5.95 Å². The van der Waals surface area contributed by atoms with Crippen LogP contribution >= 0.6 is 11.6 Å². The van der Waals surface area contributed by atoms with E-state index in [1.807, 2.05) is 6.92 Å². The van der Waals surface area contributed by atoms with Gasteiger partial charge >= 0.3 is 6.18 Å². The van der Waals surface area contributed by atoms with Gasteiger partial charge in [0.15, 0.2) is 0 Å². The minimum Gasteiger partial charge on any atom is -0.396 e. The first kappa shape index (κ1) is 22.3. The van der Waals surface area contributed by atoms with Gasteiger partial charge in [0.05, 0.1) is 17.9 Å². The molecular weight excluding hydrogens is 419 g/mol. The molecule has 0 amide bonds. The second-order valence-corrected chi connectivity index (χ2v) is 7.69. The quantitative estimate of drug-likeness (QED) is 0.683. The molecule has 10 heteroatoms. The fourth-order valence-electron chi connectivity index (χ4n) is 3.99. The zero-order valence-electron chi connectivity index (χ0n) is 16.9. The van der Waals surface area contributed by atoms with Crippen molar-refractivity contribution in [3.63, 3.8) is 0 Å². The minimum atomic E-state index is -4.61. The molecule has 3 N–H and O–H groups in total. The van der Waals surface area contributed by atoms with Gasteiger partial charge in [-0.25, -0.2) is 4.98 Å². The summed E-state index contributed by atoms with van der Waals surface area (Å²) in [6.45, 7) is 8.88. The number of halogens is 4. The number of nitrogen functional groups attached to an aromatic ring is 1. The van der Waals surface area contributed by atoms with E-state index in [0.29, 0.717) is 35.6 Å². The molecule has 0 saturated heterocycles. The number of fused-ring (bicyclic) bond motifs is 1. The fourth-order valence-corrected chi connectivity index (χ4v) is 4.32. The summed E-state index contributed by atoms with van der Waals surface area (Å²) in [5, 5.41) is 9.90. The standard InChI is InChI=1S/C20H23ClF3N5O/c1-5-13-9(2)14(16(26-11(13)4)10(3)20(22,23)24)7-29-6-12(8-30)15-17(21)27-19(25)28-18(15)29/h12,30H,3,5-8H2,1-2,4H3,(H2,25,27,28). The Labute approximate surface area is 177 Å². The molecule has 0 aromatic carbocycles. The van der Waals surface area contributed by atoms with E-state index in [2.05, 4.69) is 21.5 Å². The fraction of sp³-hybridized carbons (Fsp3) is 0.450. The Kier molecular flexibility index (Phi) is 5.97. The second kappa shape index (κ2) is 8.03. The number of nitrogens with zero attached hydrogens (tertiary/aromatic N) is 4. The van der Waals surface area contributed by atoms with Crippen LogP contribution in [0.5, 0.6) is 0 Å². The van der Waals surface area contributed by atoms with E-state index < -0.39 is 11.7 Å². The van der Waals surface area contributed by atoms with Crippen molar-refractivity contribution >= 4 is 28.9 Å². The van der Waals surface area contributed by atoms with Gasteiger partial charge in [0.25, 0.3) is 0 Å². The molecule has 2 aromatic rings. The van der Waals surface area contributed by atoms with Crippen LogP contribution in [0, 0.1) is 13.8 Å². The lowest BCUT2D eigenvalue weighted by atomic mass is 9.94. The Morgan fingerprint density at radius 1 is 1.27 bits per heavy atom. The average Bonchev–Trinajstić information content (AvgIpc) is 3.00. The molecule has 0 fully saturated rings. The summed E-state index contributed by atoms with van der Waals surface area (Å²) in [6, 6.07) is 0. The molecular formula is C20H23ClF3N5O. The average molecular weight is 442 g/mol. The summed E-state index contributed by atoms with van der Waals surface area (Å²) >= 11 is 6.21. The molecule has 162 valence electrons. The van der Waals surface area contributed by atoms with Gasteiger partial charge in [0.1, 0.15) is 11.0 Å². The van der Waals surface area contributed by atoms with E-state index in [1.54, 1.807) is 18.7 Å². The maximum absolute atomic E-state index is 13.5. The molecule has 1 aliphatic heterocycles. The van der Waals surface area contributed by atoms with E-state index in [0.717, 1.165) is 11.1 Å². The van der Waals surface area contributed by atoms with Crippen molar-refractivity contribution in [2.45, 2.75) is 45.8 Å². The lowest BCUT2D eigenvalue weighted by molar-refractivity contribution is -0.0689. The number of anilines is 2. The summed E-state index contributed by atoms with van der Waals surface area (Å²) < 4.78 is 40.5. The van der Waals surface area contributed by atoms with Crippen LogP contribution in [-0.2, 0) is 13.0 Å². The number of rotatable bonds is 5. The number of allylic oxidation sites excluding steroid dienone is 1. The number of hydrogen-bond donors (Lipinski definition) is 2. The largest absolute Gasteiger partial charge is 0.417 e. The van der Waals surface area contributed by atoms with Gasteiger partial charge in [-0.2, -0.15) is 18.2 Å². The van der Waals surface area contributed by atoms with E-state index in [4.69, 9.17) is 17.3 Å². The Hall–Kier alpha value is -2.39. The number of aryl methyl sites for hydroxylation is 1. The Morgan fingerprint density at radius 2 is 1.93 bits per heavy atom. The molecule has 1 unspecified atom stereocenters. The van der Waals surface area contributed by atoms with Crippen molar-refractivity contribution < 1.29 is 18.3 Å². The van der Waals surface area contributed by atoms with E-state index >= 15 is 0 Å². The SMILES string of the molecule is C=C(c1nc(C)c(CC)c(C)c1CN1CC(CO)c2c(Cl)nc(N)nc21)C(F)(F)F. The van der Waals surface area contributed by atoms with Crippen LogP contribution in [0.2, 0.25) is 5.15 Å². The summed E-state index contributed by atoms with van der Waals surface area (Å²) in [4.78, 5) is 14.2. The first-order valence-electron chi connectivity index (χ1n) is 9.43. The third kappa shape index (κ3) is 3.83. The normalized spacial score (nSPS) is 16.1. The van der Waals surface area contributed by atoms with Crippen molar-refractivity contribution in [3.05, 3.63) is 45.4 Å². The van der Waals surface area contributed by atoms with Gasteiger partial charge in [-0.1, -0.05) is 25.1 Å². The number of aliphatic hydroxyl groups is 1. The van der Waals surface area contributed by atoms with E-state index in [-0.39, 0.29) is 35.9 Å².